The molecule has 13 nitrogen and oxygen atoms in total. The molecule has 1 aromatic rings. The van der Waals surface area contributed by atoms with Crippen LogP contribution in [0.2, 0.25) is 0 Å². The number of aliphatic hydroxyl groups excluding tert-OH is 6. The number of carbonyl (C=O) groups is 2. The van der Waals surface area contributed by atoms with E-state index in [0.717, 1.165) is 0 Å². The predicted molar refractivity (Wildman–Crippen MR) is 152 cm³/mol. The summed E-state index contributed by atoms with van der Waals surface area (Å²) in [6, 6.07) is 6.09. The third kappa shape index (κ3) is 6.95. The lowest BCUT2D eigenvalue weighted by molar-refractivity contribution is -0.307. The molecule has 13 heteroatoms. The van der Waals surface area contributed by atoms with Crippen LogP contribution in [0.5, 0.6) is 5.75 Å². The van der Waals surface area contributed by atoms with Gasteiger partial charge in [-0.15, -0.1) is 0 Å². The van der Waals surface area contributed by atoms with Gasteiger partial charge in [-0.2, -0.15) is 0 Å². The van der Waals surface area contributed by atoms with Gasteiger partial charge in [-0.3, -0.25) is 0 Å². The van der Waals surface area contributed by atoms with E-state index in [1.54, 1.807) is 12.1 Å². The minimum atomic E-state index is -1.62. The average molecular weight is 625 g/mol. The van der Waals surface area contributed by atoms with Crippen LogP contribution in [0.1, 0.15) is 38.2 Å². The van der Waals surface area contributed by atoms with Gasteiger partial charge in [0.1, 0.15) is 36.3 Å². The lowest BCUT2D eigenvalue weighted by Gasteiger charge is -2.56. The molecule has 0 radical (unpaired) electrons. The molecule has 3 fully saturated rings. The number of phenolic OH excluding ortho intramolecular Hbond substituents is 1. The van der Waals surface area contributed by atoms with Crippen LogP contribution in [0, 0.1) is 23.2 Å². The Bertz CT molecular complexity index is 1160. The summed E-state index contributed by atoms with van der Waals surface area (Å²) in [5, 5.41) is 72.1. The van der Waals surface area contributed by atoms with Crippen LogP contribution in [0.25, 0.3) is 0 Å². The molecule has 7 N–H and O–H groups in total. The molecule has 12 atom stereocenters. The summed E-state index contributed by atoms with van der Waals surface area (Å²) >= 11 is 0. The van der Waals surface area contributed by atoms with Crippen LogP contribution in [0.4, 0.5) is 0 Å². The zero-order chi connectivity index (χ0) is 32.3. The summed E-state index contributed by atoms with van der Waals surface area (Å²) < 4.78 is 22.1. The normalized spacial score (nSPS) is 37.8. The third-order valence-electron chi connectivity index (χ3n) is 9.69. The Labute approximate surface area is 255 Å². The van der Waals surface area contributed by atoms with E-state index in [4.69, 9.17) is 18.9 Å². The molecule has 2 saturated carbocycles. The molecule has 2 aliphatic carbocycles. The molecular weight excluding hydrogens is 580 g/mol. The fraction of sp³-hybridized carbons (Fsp3) is 0.677. The highest BCUT2D eigenvalue weighted by molar-refractivity contribution is 5.88. The molecule has 3 aliphatic rings. The maximum atomic E-state index is 13.1. The largest absolute Gasteiger partial charge is 0.508 e. The first kappa shape index (κ1) is 34.3. The summed E-state index contributed by atoms with van der Waals surface area (Å²) in [5.74, 6) is -3.07. The van der Waals surface area contributed by atoms with Crippen molar-refractivity contribution < 1.29 is 64.3 Å². The first-order valence-corrected chi connectivity index (χ1v) is 14.9. The van der Waals surface area contributed by atoms with Gasteiger partial charge in [-0.25, -0.2) is 9.59 Å². The third-order valence-corrected chi connectivity index (χ3v) is 9.69. The number of phenols is 1. The second-order valence-electron chi connectivity index (χ2n) is 12.4. The number of hydrogen-bond donors (Lipinski definition) is 7. The van der Waals surface area contributed by atoms with Crippen molar-refractivity contribution in [3.05, 3.63) is 42.0 Å². The standard InChI is InChI=1S/C31H44O13/c1-15(28(39)41-3)19-10-11-31(2)22(44-29(40)20(34)12-16-4-7-18(33)8-5-16)9-6-17(23(31)24(19)35)14-42-30-27(38)26(37)25(36)21(13-32)43-30/h4-5,7-8,17,19-27,30,32-38H,1,6,9-14H2,2-3H3/t17-,19-,20+,21+,22+,23+,24-,25+,26-,27+,30+,31-/m0/s1. The van der Waals surface area contributed by atoms with Crippen molar-refractivity contribution in [2.24, 2.45) is 23.2 Å². The average Bonchev–Trinajstić information content (AvgIpc) is 3.00. The summed E-state index contributed by atoms with van der Waals surface area (Å²) in [5.41, 5.74) is -0.0799. The minimum Gasteiger partial charge on any atom is -0.508 e. The maximum Gasteiger partial charge on any atom is 0.335 e. The van der Waals surface area contributed by atoms with E-state index < -0.39 is 90.7 Å². The summed E-state index contributed by atoms with van der Waals surface area (Å²) in [7, 11) is 1.23. The van der Waals surface area contributed by atoms with Crippen molar-refractivity contribution in [2.75, 3.05) is 20.3 Å². The number of esters is 2. The van der Waals surface area contributed by atoms with Gasteiger partial charge >= 0.3 is 11.9 Å². The smallest absolute Gasteiger partial charge is 0.335 e. The highest BCUT2D eigenvalue weighted by Gasteiger charge is 2.58. The van der Waals surface area contributed by atoms with Gasteiger partial charge in [0.25, 0.3) is 0 Å². The van der Waals surface area contributed by atoms with Crippen LogP contribution in [-0.2, 0) is 35.0 Å². The maximum absolute atomic E-state index is 13.1. The number of aromatic hydroxyl groups is 1. The Morgan fingerprint density at radius 1 is 1.05 bits per heavy atom. The molecule has 1 aromatic carbocycles. The first-order chi connectivity index (χ1) is 20.8. The Hall–Kier alpha value is -2.62. The monoisotopic (exact) mass is 624 g/mol. The summed E-state index contributed by atoms with van der Waals surface area (Å²) in [6.07, 6.45) is -9.05. The first-order valence-electron chi connectivity index (χ1n) is 14.9. The van der Waals surface area contributed by atoms with Gasteiger partial charge in [-0.1, -0.05) is 25.6 Å². The lowest BCUT2D eigenvalue weighted by Crippen LogP contribution is -2.61. The summed E-state index contributed by atoms with van der Waals surface area (Å²) in [4.78, 5) is 25.4. The van der Waals surface area contributed by atoms with Crippen molar-refractivity contribution >= 4 is 11.9 Å². The molecule has 0 unspecified atom stereocenters. The molecule has 246 valence electrons. The number of rotatable bonds is 10. The van der Waals surface area contributed by atoms with Gasteiger partial charge in [-0.05, 0) is 55.2 Å². The van der Waals surface area contributed by atoms with Crippen LogP contribution in [0.3, 0.4) is 0 Å². The van der Waals surface area contributed by atoms with Crippen LogP contribution < -0.4 is 0 Å². The zero-order valence-corrected chi connectivity index (χ0v) is 24.9. The molecule has 4 rings (SSSR count). The van der Waals surface area contributed by atoms with Crippen molar-refractivity contribution in [1.82, 2.24) is 0 Å². The molecule has 1 heterocycles. The van der Waals surface area contributed by atoms with Gasteiger partial charge in [0, 0.05) is 23.3 Å². The number of benzene rings is 1. The van der Waals surface area contributed by atoms with Crippen molar-refractivity contribution in [1.29, 1.82) is 0 Å². The van der Waals surface area contributed by atoms with E-state index in [2.05, 4.69) is 6.58 Å². The molecule has 44 heavy (non-hydrogen) atoms. The van der Waals surface area contributed by atoms with Gasteiger partial charge in [0.15, 0.2) is 12.4 Å². The number of fused-ring (bicyclic) bond motifs is 1. The minimum absolute atomic E-state index is 0.0226. The Morgan fingerprint density at radius 2 is 1.73 bits per heavy atom. The number of carbonyl (C=O) groups excluding carboxylic acids is 2. The van der Waals surface area contributed by atoms with Gasteiger partial charge in [0.2, 0.25) is 0 Å². The second kappa shape index (κ2) is 14.2. The summed E-state index contributed by atoms with van der Waals surface area (Å²) in [6.45, 7) is 5.05. The number of hydrogen-bond acceptors (Lipinski definition) is 13. The molecule has 0 amide bonds. The number of aliphatic hydroxyl groups is 6. The fourth-order valence-corrected chi connectivity index (χ4v) is 7.14. The van der Waals surface area contributed by atoms with Crippen LogP contribution in [0.15, 0.2) is 36.4 Å². The van der Waals surface area contributed by atoms with Gasteiger partial charge in [0.05, 0.1) is 26.4 Å². The molecule has 0 bridgehead atoms. The Kier molecular flexibility index (Phi) is 11.1. The quantitative estimate of drug-likeness (QED) is 0.130. The SMILES string of the molecule is C=C(C(=O)OC)[C@@H]1CC[C@]2(C)[C@H]([C@H](CO[C@@H]3O[C@H](CO)[C@@H](O)[C@H](O)[C@H]3O)CC[C@H]2OC(=O)[C@H](O)Cc2ccc(O)cc2)[C@H]1O. The molecule has 0 spiro atoms. The Morgan fingerprint density at radius 3 is 2.36 bits per heavy atom. The highest BCUT2D eigenvalue weighted by Crippen LogP contribution is 2.56. The predicted octanol–water partition coefficient (Wildman–Crippen LogP) is -0.443. The Balaban J connectivity index is 1.53. The van der Waals surface area contributed by atoms with E-state index in [1.165, 1.54) is 19.2 Å². The van der Waals surface area contributed by atoms with Crippen molar-refractivity contribution in [2.45, 2.75) is 88.0 Å². The number of ether oxygens (including phenoxy) is 4. The topological polar surface area (TPSA) is 213 Å². The zero-order valence-electron chi connectivity index (χ0n) is 24.9. The van der Waals surface area contributed by atoms with E-state index in [1.807, 2.05) is 6.92 Å². The van der Waals surface area contributed by atoms with Crippen LogP contribution >= 0.6 is 0 Å². The van der Waals surface area contributed by atoms with Crippen molar-refractivity contribution in [3.8, 4) is 5.75 Å². The molecule has 0 aromatic heterocycles. The van der Waals surface area contributed by atoms with E-state index >= 15 is 0 Å². The second-order valence-corrected chi connectivity index (χ2v) is 12.4. The van der Waals surface area contributed by atoms with E-state index in [9.17, 15) is 45.3 Å². The van der Waals surface area contributed by atoms with Gasteiger partial charge < -0.3 is 54.7 Å². The van der Waals surface area contributed by atoms with E-state index in [0.29, 0.717) is 31.2 Å². The molecule has 1 aliphatic heterocycles. The highest BCUT2D eigenvalue weighted by atomic mass is 16.7. The van der Waals surface area contributed by atoms with Crippen LogP contribution in [-0.4, -0.2) is 117 Å². The fourth-order valence-electron chi connectivity index (χ4n) is 7.14. The molecular formula is C31H44O13. The molecule has 1 saturated heterocycles. The number of methoxy groups -OCH3 is 1. The van der Waals surface area contributed by atoms with Crippen molar-refractivity contribution in [3.63, 3.8) is 0 Å². The lowest BCUT2D eigenvalue weighted by atomic mass is 9.52. The van der Waals surface area contributed by atoms with E-state index in [-0.39, 0.29) is 24.4 Å².